The molecule has 0 amide bonds. The smallest absolute Gasteiger partial charge is 0.145 e. The van der Waals surface area contributed by atoms with Crippen molar-refractivity contribution >= 4 is 21.9 Å². The molecular formula is C41H25N3O2. The Morgan fingerprint density at radius 1 is 0.478 bits per heavy atom. The number of nitrogens with zero attached hydrogens (tertiary/aromatic N) is 3. The van der Waals surface area contributed by atoms with Gasteiger partial charge >= 0.3 is 0 Å². The maximum atomic E-state index is 6.81. The van der Waals surface area contributed by atoms with Crippen LogP contribution in [0.4, 0.5) is 0 Å². The number of rotatable bonds is 2. The van der Waals surface area contributed by atoms with Crippen LogP contribution in [0.15, 0.2) is 152 Å². The van der Waals surface area contributed by atoms with Crippen molar-refractivity contribution in [3.63, 3.8) is 0 Å². The summed E-state index contributed by atoms with van der Waals surface area (Å²) in [4.78, 5) is 9.04. The first-order valence-electron chi connectivity index (χ1n) is 15.4. The number of hydrogen-bond acceptors (Lipinski definition) is 4. The quantitative estimate of drug-likeness (QED) is 0.201. The summed E-state index contributed by atoms with van der Waals surface area (Å²) < 4.78 is 15.7. The second kappa shape index (κ2) is 9.40. The SMILES string of the molecule is c1ccc2c(c1)Oc1cc(-c3ccncc3)ccc1C21c2ccccc2Oc2cc(-n3c4ccccc4c4cccnc43)ccc21. The number of fused-ring (bicyclic) bond motifs is 11. The molecule has 0 aliphatic carbocycles. The predicted octanol–water partition coefficient (Wildman–Crippen LogP) is 9.83. The average Bonchev–Trinajstić information content (AvgIpc) is 3.46. The van der Waals surface area contributed by atoms with E-state index in [9.17, 15) is 0 Å². The van der Waals surface area contributed by atoms with Gasteiger partial charge in [-0.2, -0.15) is 0 Å². The van der Waals surface area contributed by atoms with Gasteiger partial charge in [0.05, 0.1) is 16.6 Å². The van der Waals surface area contributed by atoms with Crippen LogP contribution in [0, 0.1) is 0 Å². The van der Waals surface area contributed by atoms with E-state index in [1.165, 1.54) is 5.39 Å². The fourth-order valence-corrected chi connectivity index (χ4v) is 7.58. The molecule has 1 atom stereocenters. The van der Waals surface area contributed by atoms with Crippen molar-refractivity contribution in [2.75, 3.05) is 0 Å². The van der Waals surface area contributed by atoms with Crippen LogP contribution >= 0.6 is 0 Å². The van der Waals surface area contributed by atoms with Gasteiger partial charge in [0.2, 0.25) is 0 Å². The lowest BCUT2D eigenvalue weighted by Gasteiger charge is -2.45. The molecule has 1 unspecified atom stereocenters. The molecule has 0 bridgehead atoms. The van der Waals surface area contributed by atoms with Gasteiger partial charge in [-0.05, 0) is 65.7 Å². The number of para-hydroxylation sites is 3. The lowest BCUT2D eigenvalue weighted by atomic mass is 9.62. The molecule has 2 aliphatic heterocycles. The van der Waals surface area contributed by atoms with Crippen molar-refractivity contribution in [3.8, 4) is 39.8 Å². The summed E-state index contributed by atoms with van der Waals surface area (Å²) in [5, 5.41) is 2.29. The molecule has 0 saturated heterocycles. The summed E-state index contributed by atoms with van der Waals surface area (Å²) in [6.07, 6.45) is 5.50. The first kappa shape index (κ1) is 25.2. The summed E-state index contributed by atoms with van der Waals surface area (Å²) in [6, 6.07) is 46.6. The molecule has 10 rings (SSSR count). The highest BCUT2D eigenvalue weighted by Gasteiger charge is 2.50. The monoisotopic (exact) mass is 591 g/mol. The summed E-state index contributed by atoms with van der Waals surface area (Å²) in [7, 11) is 0. The Balaban J connectivity index is 1.27. The maximum Gasteiger partial charge on any atom is 0.145 e. The van der Waals surface area contributed by atoms with E-state index in [0.717, 1.165) is 78.6 Å². The molecule has 5 heterocycles. The topological polar surface area (TPSA) is 49.2 Å². The van der Waals surface area contributed by atoms with Crippen LogP contribution in [0.2, 0.25) is 0 Å². The number of pyridine rings is 2. The van der Waals surface area contributed by atoms with Crippen molar-refractivity contribution in [2.24, 2.45) is 0 Å². The molecule has 2 aliphatic rings. The Bertz CT molecular complexity index is 2430. The van der Waals surface area contributed by atoms with E-state index in [1.807, 2.05) is 48.9 Å². The Labute approximate surface area is 265 Å². The van der Waals surface area contributed by atoms with Gasteiger partial charge in [0.1, 0.15) is 28.6 Å². The van der Waals surface area contributed by atoms with Gasteiger partial charge in [-0.1, -0.05) is 72.8 Å². The third-order valence-corrected chi connectivity index (χ3v) is 9.48. The molecule has 46 heavy (non-hydrogen) atoms. The van der Waals surface area contributed by atoms with Crippen molar-refractivity contribution in [3.05, 3.63) is 174 Å². The first-order chi connectivity index (χ1) is 22.8. The van der Waals surface area contributed by atoms with E-state index in [-0.39, 0.29) is 0 Å². The van der Waals surface area contributed by atoms with E-state index >= 15 is 0 Å². The number of benzene rings is 5. The molecule has 3 aromatic heterocycles. The Kier molecular flexibility index (Phi) is 5.14. The van der Waals surface area contributed by atoms with Gasteiger partial charge in [-0.3, -0.25) is 9.55 Å². The summed E-state index contributed by atoms with van der Waals surface area (Å²) in [6.45, 7) is 0. The van der Waals surface area contributed by atoms with Gasteiger partial charge in [0, 0.05) is 57.7 Å². The van der Waals surface area contributed by atoms with Gasteiger partial charge in [-0.25, -0.2) is 4.98 Å². The lowest BCUT2D eigenvalue weighted by Crippen LogP contribution is -2.36. The van der Waals surface area contributed by atoms with Gasteiger partial charge in [0.25, 0.3) is 0 Å². The van der Waals surface area contributed by atoms with Crippen LogP contribution in [0.3, 0.4) is 0 Å². The molecule has 5 nitrogen and oxygen atoms in total. The largest absolute Gasteiger partial charge is 0.457 e. The molecular weight excluding hydrogens is 566 g/mol. The molecule has 0 N–H and O–H groups in total. The van der Waals surface area contributed by atoms with E-state index in [4.69, 9.17) is 14.5 Å². The van der Waals surface area contributed by atoms with Gasteiger partial charge < -0.3 is 9.47 Å². The van der Waals surface area contributed by atoms with Crippen LogP contribution in [-0.4, -0.2) is 14.5 Å². The van der Waals surface area contributed by atoms with E-state index in [2.05, 4.69) is 113 Å². The van der Waals surface area contributed by atoms with Crippen molar-refractivity contribution in [1.29, 1.82) is 0 Å². The minimum Gasteiger partial charge on any atom is -0.457 e. The number of hydrogen-bond donors (Lipinski definition) is 0. The van der Waals surface area contributed by atoms with Crippen molar-refractivity contribution < 1.29 is 9.47 Å². The Hall–Kier alpha value is -6.20. The van der Waals surface area contributed by atoms with Crippen molar-refractivity contribution in [2.45, 2.75) is 5.41 Å². The lowest BCUT2D eigenvalue weighted by molar-refractivity contribution is 0.399. The molecule has 0 saturated carbocycles. The van der Waals surface area contributed by atoms with Crippen molar-refractivity contribution in [1.82, 2.24) is 14.5 Å². The van der Waals surface area contributed by atoms with E-state index in [0.29, 0.717) is 0 Å². The second-order valence-corrected chi connectivity index (χ2v) is 11.8. The third kappa shape index (κ3) is 3.34. The average molecular weight is 592 g/mol. The van der Waals surface area contributed by atoms with E-state index in [1.54, 1.807) is 0 Å². The molecule has 5 aromatic carbocycles. The highest BCUT2D eigenvalue weighted by atomic mass is 16.5. The minimum atomic E-state index is -0.664. The fourth-order valence-electron chi connectivity index (χ4n) is 7.58. The number of ether oxygens (including phenoxy) is 2. The maximum absolute atomic E-state index is 6.81. The normalized spacial score (nSPS) is 15.8. The van der Waals surface area contributed by atoms with Crippen LogP contribution in [0.5, 0.6) is 23.0 Å². The highest BCUT2D eigenvalue weighted by molar-refractivity contribution is 6.07. The van der Waals surface area contributed by atoms with Gasteiger partial charge in [0.15, 0.2) is 0 Å². The first-order valence-corrected chi connectivity index (χ1v) is 15.4. The standard InChI is InChI=1S/C41H25N3O2/c1-4-12-35-29(8-1)30-9-7-21-43-40(30)44(35)28-16-18-34-39(25-28)46-37-14-6-3-11-32(37)41(34)31-10-2-5-13-36(31)45-38-24-27(15-17-33(38)41)26-19-22-42-23-20-26/h1-25H. The second-order valence-electron chi connectivity index (χ2n) is 11.8. The molecule has 216 valence electrons. The van der Waals surface area contributed by atoms with Gasteiger partial charge in [-0.15, -0.1) is 0 Å². The molecule has 5 heteroatoms. The fraction of sp³-hybridized carbons (Fsp3) is 0.0244. The van der Waals surface area contributed by atoms with Crippen LogP contribution in [-0.2, 0) is 5.41 Å². The Morgan fingerprint density at radius 3 is 1.89 bits per heavy atom. The van der Waals surface area contributed by atoms with Crippen LogP contribution < -0.4 is 9.47 Å². The van der Waals surface area contributed by atoms with Crippen LogP contribution in [0.25, 0.3) is 38.8 Å². The summed E-state index contributed by atoms with van der Waals surface area (Å²) >= 11 is 0. The zero-order valence-corrected chi connectivity index (χ0v) is 24.6. The zero-order chi connectivity index (χ0) is 30.2. The molecule has 0 fully saturated rings. The number of aromatic nitrogens is 3. The molecule has 8 aromatic rings. The summed E-state index contributed by atoms with van der Waals surface area (Å²) in [5.41, 5.74) is 8.83. The van der Waals surface area contributed by atoms with E-state index < -0.39 is 5.41 Å². The molecule has 1 spiro atoms. The third-order valence-electron chi connectivity index (χ3n) is 9.48. The highest BCUT2D eigenvalue weighted by Crippen LogP contribution is 2.61. The minimum absolute atomic E-state index is 0.664. The summed E-state index contributed by atoms with van der Waals surface area (Å²) in [5.74, 6) is 3.29. The van der Waals surface area contributed by atoms with Crippen LogP contribution in [0.1, 0.15) is 22.3 Å². The Morgan fingerprint density at radius 2 is 1.11 bits per heavy atom. The molecule has 0 radical (unpaired) electrons. The predicted molar refractivity (Wildman–Crippen MR) is 180 cm³/mol. The zero-order valence-electron chi connectivity index (χ0n) is 24.6.